The van der Waals surface area contributed by atoms with Gasteiger partial charge in [-0.3, -0.25) is 28.8 Å². The Balaban J connectivity index is 0.000000200. The number of fused-ring (bicyclic) bond motifs is 6. The van der Waals surface area contributed by atoms with Crippen LogP contribution in [0.25, 0.3) is 0 Å². The van der Waals surface area contributed by atoms with Crippen LogP contribution in [0.4, 0.5) is 0 Å². The first kappa shape index (κ1) is 69.3. The second kappa shape index (κ2) is 30.1. The van der Waals surface area contributed by atoms with E-state index in [9.17, 15) is 28.8 Å². The van der Waals surface area contributed by atoms with Gasteiger partial charge in [-0.15, -0.1) is 0 Å². The normalized spacial score (nSPS) is 21.2. The molecule has 0 saturated carbocycles. The summed E-state index contributed by atoms with van der Waals surface area (Å²) in [6.45, 7) is 68.0. The molecule has 6 amide bonds. The topological polar surface area (TPSA) is 122 Å². The molecule has 0 spiro atoms. The van der Waals surface area contributed by atoms with Crippen LogP contribution < -0.4 is 0 Å². The molecule has 12 heteroatoms. The van der Waals surface area contributed by atoms with Crippen molar-refractivity contribution in [1.82, 2.24) is 29.4 Å². The van der Waals surface area contributed by atoms with Crippen LogP contribution in [0.3, 0.4) is 0 Å². The fraction of sp³-hybridized carbons (Fsp3) is 0.562. The Kier molecular flexibility index (Phi) is 19.3. The highest BCUT2D eigenvalue weighted by Crippen LogP contribution is 2.43. The maximum atomic E-state index is 12.8. The van der Waals surface area contributed by atoms with E-state index in [0.29, 0.717) is 79.8 Å². The molecule has 0 radical (unpaired) electrons. The molecule has 0 aromatic heterocycles. The van der Waals surface area contributed by atoms with Crippen LogP contribution in [-0.2, 0) is 71.6 Å². The number of hydrogen-bond donors (Lipinski definition) is 0. The van der Waals surface area contributed by atoms with Gasteiger partial charge in [0.05, 0.1) is 17.8 Å². The van der Waals surface area contributed by atoms with Crippen molar-refractivity contribution < 1.29 is 46.6 Å². The van der Waals surface area contributed by atoms with Gasteiger partial charge >= 0.3 is 0 Å². The molecule has 5 atom stereocenters. The van der Waals surface area contributed by atoms with Gasteiger partial charge in [-0.2, -0.15) is 0 Å². The Labute approximate surface area is 671 Å². The van der Waals surface area contributed by atoms with Crippen LogP contribution in [0.5, 0.6) is 0 Å². The second-order valence-electron chi connectivity index (χ2n) is 41.5. The molecular formula is C96H138N6O6. The van der Waals surface area contributed by atoms with Crippen LogP contribution >= 0.6 is 0 Å². The van der Waals surface area contributed by atoms with Crippen molar-refractivity contribution in [2.24, 2.45) is 0 Å². The third kappa shape index (κ3) is 19.1. The van der Waals surface area contributed by atoms with Crippen molar-refractivity contribution in [2.45, 2.75) is 354 Å². The third-order valence-corrected chi connectivity index (χ3v) is 19.5. The van der Waals surface area contributed by atoms with Gasteiger partial charge in [0.1, 0.15) is 0 Å². The summed E-state index contributed by atoms with van der Waals surface area (Å²) in [4.78, 5) is 86.5. The predicted octanol–water partition coefficient (Wildman–Crippen LogP) is 22.4. The van der Waals surface area contributed by atoms with Crippen molar-refractivity contribution >= 4 is 35.4 Å². The van der Waals surface area contributed by atoms with Crippen LogP contribution in [0.15, 0.2) is 109 Å². The fourth-order valence-electron chi connectivity index (χ4n) is 13.6. The summed E-state index contributed by atoms with van der Waals surface area (Å²) in [5.74, 6) is -0.649. The summed E-state index contributed by atoms with van der Waals surface area (Å²) in [6.07, 6.45) is 0. The standard InChI is InChI=1S/6C16H23NO/c6*1-15(2,3)12-9-7-8-11-10-17(16(4,5)6)14(18)13(11)12/h6*7-9H,10H2,1-6H3/i7D,9D,10D;7D,8D,9D;9D,10D;8D,10D;7D,10D;10D. The molecule has 6 aromatic rings. The number of nitrogens with zero attached hydrogens (tertiary/aromatic N) is 6. The van der Waals surface area contributed by atoms with Crippen LogP contribution in [-0.4, -0.2) is 98.1 Å². The lowest BCUT2D eigenvalue weighted by molar-refractivity contribution is 0.0599. The fourth-order valence-corrected chi connectivity index (χ4v) is 13.6. The number of amides is 6. The smallest absolute Gasteiger partial charge is 0.255 e. The SMILES string of the molecule is [2H]C1c2cccc(C(C)(C)C)c2C(=O)N1C(C)(C)C.[2H]c1c([2H])c2c(c(C(C)(C)C)c1[2H])C(=O)N(C(C)(C)C)C2.[2H]c1cc2c(c(C(C)(C)C)c1)C(=O)N(C(C)(C)C)C2[2H].[2H]c1cc2c(c(C(C)(C)C)c1[2H])C(=O)N(C(C)(C)C)C2[2H].[2H]c1ccc(C(C)(C)C)c2c1C([2H])N(C(C)(C)C)C2=O.[2H]c1ccc2c(c1C(C)(C)C)C(=O)N(C(C)(C)C)C2[2H]. The summed E-state index contributed by atoms with van der Waals surface area (Å²) in [7, 11) is 0. The molecule has 0 bridgehead atoms. The quantitative estimate of drug-likeness (QED) is 0.149. The maximum Gasteiger partial charge on any atom is 0.255 e. The molecule has 6 aromatic carbocycles. The van der Waals surface area contributed by atoms with Gasteiger partial charge in [0, 0.05) is 106 Å². The van der Waals surface area contributed by atoms with Gasteiger partial charge in [0.15, 0.2) is 0 Å². The molecule has 588 valence electrons. The summed E-state index contributed by atoms with van der Waals surface area (Å²) in [5, 5.41) is 0. The lowest BCUT2D eigenvalue weighted by Crippen LogP contribution is -2.41. The van der Waals surface area contributed by atoms with Crippen LogP contribution in [0.2, 0.25) is 0 Å². The highest BCUT2D eigenvalue weighted by molar-refractivity contribution is 6.04. The van der Waals surface area contributed by atoms with Crippen molar-refractivity contribution in [3.8, 4) is 0 Å². The van der Waals surface area contributed by atoms with Gasteiger partial charge in [0.2, 0.25) is 0 Å². The van der Waals surface area contributed by atoms with E-state index in [0.717, 1.165) is 38.9 Å². The van der Waals surface area contributed by atoms with Crippen molar-refractivity contribution in [3.63, 3.8) is 0 Å². The highest BCUT2D eigenvalue weighted by atomic mass is 16.2. The van der Waals surface area contributed by atoms with E-state index < -0.39 is 65.6 Å². The molecule has 0 aliphatic carbocycles. The first-order valence-corrected chi connectivity index (χ1v) is 38.1. The van der Waals surface area contributed by atoms with E-state index in [1.165, 1.54) is 11.0 Å². The minimum atomic E-state index is -0.807. The van der Waals surface area contributed by atoms with Gasteiger partial charge in [-0.1, -0.05) is 234 Å². The zero-order valence-corrected chi connectivity index (χ0v) is 72.5. The monoisotopic (exact) mass is 1480 g/mol. The molecule has 6 aliphatic rings. The lowest BCUT2D eigenvalue weighted by atomic mass is 9.82. The van der Waals surface area contributed by atoms with Crippen molar-refractivity contribution in [1.29, 1.82) is 0 Å². The number of hydrogen-bond acceptors (Lipinski definition) is 6. The molecule has 0 N–H and O–H groups in total. The Morgan fingerprint density at radius 1 is 0.231 bits per heavy atom. The van der Waals surface area contributed by atoms with E-state index >= 15 is 0 Å². The van der Waals surface area contributed by atoms with Gasteiger partial charge < -0.3 is 29.4 Å². The van der Waals surface area contributed by atoms with Crippen molar-refractivity contribution in [3.05, 3.63) is 209 Å². The van der Waals surface area contributed by atoms with E-state index in [1.54, 1.807) is 54.8 Å². The number of benzene rings is 6. The number of rotatable bonds is 0. The molecule has 6 aliphatic heterocycles. The minimum Gasteiger partial charge on any atom is -0.329 e. The Morgan fingerprint density at radius 2 is 0.472 bits per heavy atom. The zero-order valence-electron chi connectivity index (χ0n) is 85.5. The zero-order chi connectivity index (χ0) is 93.6. The van der Waals surface area contributed by atoms with E-state index in [1.807, 2.05) is 232 Å². The largest absolute Gasteiger partial charge is 0.329 e. The van der Waals surface area contributed by atoms with Crippen LogP contribution in [0, 0.1) is 0 Å². The highest BCUT2D eigenvalue weighted by Gasteiger charge is 2.44. The summed E-state index contributed by atoms with van der Waals surface area (Å²) < 4.78 is 107. The van der Waals surface area contributed by atoms with E-state index in [4.69, 9.17) is 17.8 Å². The molecular weight excluding hydrogens is 1330 g/mol. The minimum absolute atomic E-state index is 0.00646. The van der Waals surface area contributed by atoms with E-state index in [-0.39, 0.29) is 104 Å². The average molecular weight is 1490 g/mol. The third-order valence-electron chi connectivity index (χ3n) is 19.5. The maximum absolute atomic E-state index is 12.8. The second-order valence-corrected chi connectivity index (χ2v) is 41.5. The van der Waals surface area contributed by atoms with Crippen molar-refractivity contribution in [2.75, 3.05) is 0 Å². The number of carbonyl (C=O) groups excluding carboxylic acids is 6. The molecule has 108 heavy (non-hydrogen) atoms. The summed E-state index contributed by atoms with van der Waals surface area (Å²) in [6, 6.07) is 19.0. The van der Waals surface area contributed by atoms with E-state index in [2.05, 4.69) is 41.5 Å². The summed E-state index contributed by atoms with van der Waals surface area (Å²) >= 11 is 0. The summed E-state index contributed by atoms with van der Waals surface area (Å²) in [5.41, 5.74) is 8.17. The van der Waals surface area contributed by atoms with Crippen LogP contribution in [0.1, 0.15) is 396 Å². The Hall–Kier alpha value is -7.86. The van der Waals surface area contributed by atoms with Gasteiger partial charge in [-0.05, 0) is 224 Å². The first-order valence-electron chi connectivity index (χ1n) is 45.0. The molecule has 12 nitrogen and oxygen atoms in total. The Morgan fingerprint density at radius 3 is 0.815 bits per heavy atom. The predicted molar refractivity (Wildman–Crippen MR) is 449 cm³/mol. The molecule has 12 rings (SSSR count). The molecule has 6 heterocycles. The van der Waals surface area contributed by atoms with Gasteiger partial charge in [-0.25, -0.2) is 0 Å². The molecule has 0 fully saturated rings. The number of carbonyl (C=O) groups is 6. The first-order chi connectivity index (χ1) is 54.1. The Bertz CT molecular complexity index is 5070. The lowest BCUT2D eigenvalue weighted by Gasteiger charge is -2.32. The average Bonchev–Trinajstić information content (AvgIpc) is 1.60. The molecule has 5 unspecified atom stereocenters. The van der Waals surface area contributed by atoms with Gasteiger partial charge in [0.25, 0.3) is 35.4 Å². The molecule has 0 saturated heterocycles.